The summed E-state index contributed by atoms with van der Waals surface area (Å²) in [6.45, 7) is 3.68. The third-order valence-corrected chi connectivity index (χ3v) is 3.96. The molecule has 2 aromatic heterocycles. The second kappa shape index (κ2) is 7.17. The molecule has 0 atom stereocenters. The van der Waals surface area contributed by atoms with E-state index in [4.69, 9.17) is 0 Å². The molecule has 110 valence electrons. The maximum atomic E-state index is 11.4. The Labute approximate surface area is 127 Å². The zero-order valence-electron chi connectivity index (χ0n) is 12.0. The zero-order valence-corrected chi connectivity index (χ0v) is 12.9. The van der Waals surface area contributed by atoms with E-state index in [1.54, 1.807) is 13.1 Å². The van der Waals surface area contributed by atoms with E-state index in [9.17, 15) is 9.90 Å². The number of carboxylic acids is 1. The number of carbonyl (C=O) groups is 1. The monoisotopic (exact) mass is 303 g/mol. The molecule has 0 saturated carbocycles. The second-order valence-corrected chi connectivity index (χ2v) is 5.61. The van der Waals surface area contributed by atoms with E-state index in [0.717, 1.165) is 17.7 Å². The van der Waals surface area contributed by atoms with Gasteiger partial charge in [-0.3, -0.25) is 4.98 Å². The molecular weight excluding hydrogens is 286 g/mol. The lowest BCUT2D eigenvalue weighted by atomic mass is 10.2. The molecule has 0 unspecified atom stereocenters. The summed E-state index contributed by atoms with van der Waals surface area (Å²) in [5, 5.41) is 9.87. The van der Waals surface area contributed by atoms with Gasteiger partial charge in [-0.1, -0.05) is 13.0 Å². The average Bonchev–Trinajstić information content (AvgIpc) is 2.47. The fraction of sp³-hybridized carbons (Fsp3) is 0.333. The number of aromatic carboxylic acids is 1. The first-order chi connectivity index (χ1) is 10.1. The number of carboxylic acid groups (broad SMARTS) is 1. The molecule has 0 aliphatic carbocycles. The molecule has 0 aromatic carbocycles. The highest BCUT2D eigenvalue weighted by atomic mass is 32.2. The standard InChI is InChI=1S/C15H17N3O2S/c1-3-12-17-10(2)13(15(19)20)14(18-12)21-8-6-11-5-4-7-16-9-11/h4-5,7,9H,3,6,8H2,1-2H3,(H,19,20). The van der Waals surface area contributed by atoms with Crippen LogP contribution >= 0.6 is 11.8 Å². The van der Waals surface area contributed by atoms with Gasteiger partial charge in [0.25, 0.3) is 0 Å². The summed E-state index contributed by atoms with van der Waals surface area (Å²) < 4.78 is 0. The minimum atomic E-state index is -0.973. The topological polar surface area (TPSA) is 76.0 Å². The highest BCUT2D eigenvalue weighted by molar-refractivity contribution is 7.99. The van der Waals surface area contributed by atoms with Gasteiger partial charge in [-0.25, -0.2) is 14.8 Å². The number of aryl methyl sites for hydroxylation is 3. The fourth-order valence-electron chi connectivity index (χ4n) is 1.92. The maximum absolute atomic E-state index is 11.4. The van der Waals surface area contributed by atoms with Gasteiger partial charge in [-0.05, 0) is 25.0 Å². The number of thioether (sulfide) groups is 1. The van der Waals surface area contributed by atoms with Gasteiger partial charge in [0.1, 0.15) is 16.4 Å². The predicted octanol–water partition coefficient (Wildman–Crippen LogP) is 2.78. The SMILES string of the molecule is CCc1nc(C)c(C(=O)O)c(SCCc2cccnc2)n1. The molecule has 2 rings (SSSR count). The Morgan fingerprint density at radius 3 is 2.81 bits per heavy atom. The van der Waals surface area contributed by atoms with E-state index in [-0.39, 0.29) is 5.56 Å². The van der Waals surface area contributed by atoms with Crippen molar-refractivity contribution < 1.29 is 9.90 Å². The lowest BCUT2D eigenvalue weighted by molar-refractivity contribution is 0.0690. The van der Waals surface area contributed by atoms with Gasteiger partial charge < -0.3 is 5.11 Å². The molecule has 5 nitrogen and oxygen atoms in total. The van der Waals surface area contributed by atoms with Crippen LogP contribution in [0.1, 0.15) is 34.4 Å². The Kier molecular flexibility index (Phi) is 5.27. The molecule has 0 amide bonds. The smallest absolute Gasteiger partial charge is 0.340 e. The number of hydrogen-bond acceptors (Lipinski definition) is 5. The normalized spacial score (nSPS) is 10.6. The van der Waals surface area contributed by atoms with Crippen LogP contribution in [0.2, 0.25) is 0 Å². The lowest BCUT2D eigenvalue weighted by Gasteiger charge is -2.09. The van der Waals surface area contributed by atoms with Crippen molar-refractivity contribution in [2.24, 2.45) is 0 Å². The highest BCUT2D eigenvalue weighted by Crippen LogP contribution is 2.24. The van der Waals surface area contributed by atoms with Crippen molar-refractivity contribution in [3.05, 3.63) is 47.2 Å². The first kappa shape index (κ1) is 15.4. The number of nitrogens with zero attached hydrogens (tertiary/aromatic N) is 3. The molecule has 2 aromatic rings. The Hall–Kier alpha value is -1.95. The van der Waals surface area contributed by atoms with Crippen LogP contribution in [0, 0.1) is 6.92 Å². The summed E-state index contributed by atoms with van der Waals surface area (Å²) >= 11 is 1.45. The summed E-state index contributed by atoms with van der Waals surface area (Å²) in [6, 6.07) is 3.90. The van der Waals surface area contributed by atoms with Crippen molar-refractivity contribution in [2.45, 2.75) is 31.7 Å². The number of rotatable bonds is 6. The summed E-state index contributed by atoms with van der Waals surface area (Å²) in [5.74, 6) is 0.464. The van der Waals surface area contributed by atoms with Crippen LogP contribution < -0.4 is 0 Å². The van der Waals surface area contributed by atoms with Gasteiger partial charge in [0.15, 0.2) is 0 Å². The van der Waals surface area contributed by atoms with Crippen LogP contribution in [0.4, 0.5) is 0 Å². The van der Waals surface area contributed by atoms with E-state index in [1.807, 2.05) is 25.3 Å². The van der Waals surface area contributed by atoms with Crippen molar-refractivity contribution in [3.8, 4) is 0 Å². The number of pyridine rings is 1. The molecule has 21 heavy (non-hydrogen) atoms. The number of aromatic nitrogens is 3. The lowest BCUT2D eigenvalue weighted by Crippen LogP contribution is -2.09. The first-order valence-electron chi connectivity index (χ1n) is 6.74. The van der Waals surface area contributed by atoms with E-state index >= 15 is 0 Å². The van der Waals surface area contributed by atoms with E-state index < -0.39 is 5.97 Å². The Morgan fingerprint density at radius 2 is 2.19 bits per heavy atom. The molecule has 0 aliphatic heterocycles. The Morgan fingerprint density at radius 1 is 1.38 bits per heavy atom. The van der Waals surface area contributed by atoms with Crippen LogP contribution in [0.25, 0.3) is 0 Å². The molecule has 2 heterocycles. The van der Waals surface area contributed by atoms with Crippen molar-refractivity contribution in [3.63, 3.8) is 0 Å². The van der Waals surface area contributed by atoms with Gasteiger partial charge in [-0.15, -0.1) is 11.8 Å². The molecule has 0 bridgehead atoms. The first-order valence-corrected chi connectivity index (χ1v) is 7.73. The number of hydrogen-bond donors (Lipinski definition) is 1. The van der Waals surface area contributed by atoms with Crippen molar-refractivity contribution >= 4 is 17.7 Å². The second-order valence-electron chi connectivity index (χ2n) is 4.52. The average molecular weight is 303 g/mol. The quantitative estimate of drug-likeness (QED) is 0.653. The molecule has 6 heteroatoms. The van der Waals surface area contributed by atoms with E-state index in [0.29, 0.717) is 23.0 Å². The maximum Gasteiger partial charge on any atom is 0.340 e. The van der Waals surface area contributed by atoms with Crippen molar-refractivity contribution in [2.75, 3.05) is 5.75 Å². The molecular formula is C15H17N3O2S. The molecule has 0 saturated heterocycles. The van der Waals surface area contributed by atoms with Gasteiger partial charge in [0.2, 0.25) is 0 Å². The van der Waals surface area contributed by atoms with Crippen LogP contribution in [0.3, 0.4) is 0 Å². The van der Waals surface area contributed by atoms with Gasteiger partial charge in [-0.2, -0.15) is 0 Å². The van der Waals surface area contributed by atoms with E-state index in [1.165, 1.54) is 11.8 Å². The van der Waals surface area contributed by atoms with Crippen LogP contribution in [-0.2, 0) is 12.8 Å². The summed E-state index contributed by atoms with van der Waals surface area (Å²) in [7, 11) is 0. The largest absolute Gasteiger partial charge is 0.478 e. The van der Waals surface area contributed by atoms with E-state index in [2.05, 4.69) is 15.0 Å². The minimum Gasteiger partial charge on any atom is -0.478 e. The van der Waals surface area contributed by atoms with Crippen LogP contribution in [0.15, 0.2) is 29.6 Å². The summed E-state index contributed by atoms with van der Waals surface area (Å²) in [5.41, 5.74) is 1.87. The highest BCUT2D eigenvalue weighted by Gasteiger charge is 2.17. The predicted molar refractivity (Wildman–Crippen MR) is 81.8 cm³/mol. The summed E-state index contributed by atoms with van der Waals surface area (Å²) in [4.78, 5) is 24.0. The zero-order chi connectivity index (χ0) is 15.2. The van der Waals surface area contributed by atoms with Gasteiger partial charge in [0, 0.05) is 24.6 Å². The third-order valence-electron chi connectivity index (χ3n) is 2.99. The van der Waals surface area contributed by atoms with Crippen molar-refractivity contribution in [1.29, 1.82) is 0 Å². The fourth-order valence-corrected chi connectivity index (χ4v) is 3.00. The van der Waals surface area contributed by atoms with Gasteiger partial charge in [0.05, 0.1) is 5.69 Å². The minimum absolute atomic E-state index is 0.211. The Bertz CT molecular complexity index is 632. The molecule has 0 spiro atoms. The Balaban J connectivity index is 2.14. The van der Waals surface area contributed by atoms with Crippen molar-refractivity contribution in [1.82, 2.24) is 15.0 Å². The van der Waals surface area contributed by atoms with Crippen LogP contribution in [-0.4, -0.2) is 31.8 Å². The summed E-state index contributed by atoms with van der Waals surface area (Å²) in [6.07, 6.45) is 5.07. The van der Waals surface area contributed by atoms with Crippen LogP contribution in [0.5, 0.6) is 0 Å². The molecule has 0 fully saturated rings. The molecule has 1 N–H and O–H groups in total. The van der Waals surface area contributed by atoms with Gasteiger partial charge >= 0.3 is 5.97 Å². The third kappa shape index (κ3) is 4.01. The molecule has 0 aliphatic rings. The molecule has 0 radical (unpaired) electrons.